The maximum atomic E-state index is 12.4. The third-order valence-electron chi connectivity index (χ3n) is 4.93. The lowest BCUT2D eigenvalue weighted by atomic mass is 9.94. The van der Waals surface area contributed by atoms with E-state index in [1.807, 2.05) is 4.90 Å². The molecule has 3 aliphatic rings. The van der Waals surface area contributed by atoms with Gasteiger partial charge in [0, 0.05) is 25.4 Å². The van der Waals surface area contributed by atoms with Gasteiger partial charge < -0.3 is 14.2 Å². The van der Waals surface area contributed by atoms with Gasteiger partial charge in [-0.05, 0) is 31.6 Å². The van der Waals surface area contributed by atoms with Gasteiger partial charge in [0.05, 0.1) is 6.54 Å². The van der Waals surface area contributed by atoms with E-state index in [0.717, 1.165) is 44.5 Å². The van der Waals surface area contributed by atoms with Crippen LogP contribution in [0, 0.1) is 5.92 Å². The Labute approximate surface area is 140 Å². The van der Waals surface area contributed by atoms with Crippen molar-refractivity contribution in [2.24, 2.45) is 5.92 Å². The zero-order valence-corrected chi connectivity index (χ0v) is 13.6. The molecule has 0 unspecified atom stereocenters. The fraction of sp³-hybridized carbons (Fsp3) is 0.750. The molecule has 2 saturated heterocycles. The fourth-order valence-electron chi connectivity index (χ4n) is 3.40. The van der Waals surface area contributed by atoms with Crippen LogP contribution in [0.3, 0.4) is 0 Å². The van der Waals surface area contributed by atoms with Gasteiger partial charge in [0.1, 0.15) is 13.2 Å². The largest absolute Gasteiger partial charge is 0.448 e. The summed E-state index contributed by atoms with van der Waals surface area (Å²) in [5, 5.41) is 4.05. The smallest absolute Gasteiger partial charge is 0.410 e. The Morgan fingerprint density at radius 3 is 2.88 bits per heavy atom. The zero-order chi connectivity index (χ0) is 16.5. The van der Waals surface area contributed by atoms with Crippen molar-refractivity contribution in [3.8, 4) is 0 Å². The molecule has 4 rings (SSSR count). The topological polar surface area (TPSA) is 88.8 Å². The minimum absolute atomic E-state index is 0.0113. The molecule has 1 saturated carbocycles. The van der Waals surface area contributed by atoms with Crippen molar-refractivity contribution < 1.29 is 18.8 Å². The van der Waals surface area contributed by atoms with Gasteiger partial charge in [0.15, 0.2) is 5.82 Å². The molecule has 3 heterocycles. The summed E-state index contributed by atoms with van der Waals surface area (Å²) in [5.74, 6) is 2.33. The first kappa shape index (κ1) is 15.4. The van der Waals surface area contributed by atoms with Crippen molar-refractivity contribution in [1.82, 2.24) is 19.9 Å². The molecule has 8 nitrogen and oxygen atoms in total. The van der Waals surface area contributed by atoms with Crippen LogP contribution >= 0.6 is 0 Å². The maximum absolute atomic E-state index is 12.4. The van der Waals surface area contributed by atoms with Crippen LogP contribution in [-0.2, 0) is 16.0 Å². The third kappa shape index (κ3) is 3.37. The van der Waals surface area contributed by atoms with E-state index in [4.69, 9.17) is 9.26 Å². The third-order valence-corrected chi connectivity index (χ3v) is 4.93. The molecule has 2 aliphatic heterocycles. The van der Waals surface area contributed by atoms with Crippen molar-refractivity contribution in [3.63, 3.8) is 0 Å². The van der Waals surface area contributed by atoms with E-state index in [-0.39, 0.29) is 12.5 Å². The Morgan fingerprint density at radius 1 is 1.25 bits per heavy atom. The standard InChI is InChI=1S/C16H22N4O4/c21-14(10-20-6-7-23-16(20)22)19-5-1-2-11(9-19)8-13-17-15(18-24-13)12-3-4-12/h11-12H,1-10H2/t11-/m0/s1. The zero-order valence-electron chi connectivity index (χ0n) is 13.6. The first-order valence-corrected chi connectivity index (χ1v) is 8.71. The van der Waals surface area contributed by atoms with Gasteiger partial charge in [-0.3, -0.25) is 9.69 Å². The summed E-state index contributed by atoms with van der Waals surface area (Å²) in [6.07, 6.45) is 4.65. The number of rotatable bonds is 5. The second-order valence-corrected chi connectivity index (χ2v) is 6.91. The second-order valence-electron chi connectivity index (χ2n) is 6.91. The van der Waals surface area contributed by atoms with Crippen molar-refractivity contribution in [3.05, 3.63) is 11.7 Å². The normalized spacial score (nSPS) is 24.3. The lowest BCUT2D eigenvalue weighted by molar-refractivity contribution is -0.133. The summed E-state index contributed by atoms with van der Waals surface area (Å²) < 4.78 is 10.2. The number of cyclic esters (lactones) is 1. The average Bonchev–Trinajstić information content (AvgIpc) is 3.21. The van der Waals surface area contributed by atoms with Crippen molar-refractivity contribution in [2.75, 3.05) is 32.8 Å². The number of amides is 2. The highest BCUT2D eigenvalue weighted by molar-refractivity contribution is 5.83. The van der Waals surface area contributed by atoms with Crippen molar-refractivity contribution in [1.29, 1.82) is 0 Å². The van der Waals surface area contributed by atoms with Gasteiger partial charge in [0.2, 0.25) is 11.8 Å². The van der Waals surface area contributed by atoms with Gasteiger partial charge in [0.25, 0.3) is 0 Å². The van der Waals surface area contributed by atoms with Crippen LogP contribution in [0.2, 0.25) is 0 Å². The SMILES string of the molecule is O=C(CN1CCOC1=O)N1CCC[C@@H](Cc2nc(C3CC3)no2)C1. The number of hydrogen-bond acceptors (Lipinski definition) is 6. The van der Waals surface area contributed by atoms with Gasteiger partial charge in [-0.1, -0.05) is 5.16 Å². The first-order chi connectivity index (χ1) is 11.7. The molecule has 3 fully saturated rings. The van der Waals surface area contributed by atoms with E-state index in [0.29, 0.717) is 37.4 Å². The molecule has 1 aromatic rings. The molecule has 0 radical (unpaired) electrons. The molecule has 0 N–H and O–H groups in total. The van der Waals surface area contributed by atoms with Crippen LogP contribution in [0.25, 0.3) is 0 Å². The Kier molecular flexibility index (Phi) is 4.12. The molecule has 1 aromatic heterocycles. The predicted octanol–water partition coefficient (Wildman–Crippen LogP) is 1.18. The number of ether oxygens (including phenoxy) is 1. The van der Waals surface area contributed by atoms with Crippen LogP contribution < -0.4 is 0 Å². The predicted molar refractivity (Wildman–Crippen MR) is 82.2 cm³/mol. The van der Waals surface area contributed by atoms with Crippen LogP contribution in [0.15, 0.2) is 4.52 Å². The summed E-state index contributed by atoms with van der Waals surface area (Å²) >= 11 is 0. The highest BCUT2D eigenvalue weighted by atomic mass is 16.6. The number of hydrogen-bond donors (Lipinski definition) is 0. The van der Waals surface area contributed by atoms with Gasteiger partial charge in [-0.25, -0.2) is 4.79 Å². The average molecular weight is 334 g/mol. The molecule has 0 spiro atoms. The van der Waals surface area contributed by atoms with E-state index in [9.17, 15) is 9.59 Å². The Hall–Kier alpha value is -2.12. The molecule has 24 heavy (non-hydrogen) atoms. The second kappa shape index (κ2) is 6.41. The fourth-order valence-corrected chi connectivity index (χ4v) is 3.40. The summed E-state index contributed by atoms with van der Waals surface area (Å²) in [7, 11) is 0. The van der Waals surface area contributed by atoms with Crippen molar-refractivity contribution >= 4 is 12.0 Å². The van der Waals surface area contributed by atoms with E-state index >= 15 is 0 Å². The van der Waals surface area contributed by atoms with Crippen LogP contribution in [0.1, 0.15) is 43.3 Å². The number of nitrogens with zero attached hydrogens (tertiary/aromatic N) is 4. The summed E-state index contributed by atoms with van der Waals surface area (Å²) in [5.41, 5.74) is 0. The molecule has 8 heteroatoms. The highest BCUT2D eigenvalue weighted by Gasteiger charge is 2.31. The summed E-state index contributed by atoms with van der Waals surface area (Å²) in [4.78, 5) is 31.7. The quantitative estimate of drug-likeness (QED) is 0.803. The van der Waals surface area contributed by atoms with Gasteiger partial charge >= 0.3 is 6.09 Å². The van der Waals surface area contributed by atoms with Crippen molar-refractivity contribution in [2.45, 2.75) is 38.0 Å². The van der Waals surface area contributed by atoms with E-state index in [1.165, 1.54) is 4.90 Å². The molecule has 0 bridgehead atoms. The lowest BCUT2D eigenvalue weighted by Gasteiger charge is -2.33. The van der Waals surface area contributed by atoms with Gasteiger partial charge in [-0.15, -0.1) is 0 Å². The number of carbonyl (C=O) groups is 2. The molecular weight excluding hydrogens is 312 g/mol. The Morgan fingerprint density at radius 2 is 2.12 bits per heavy atom. The number of piperidine rings is 1. The summed E-state index contributed by atoms with van der Waals surface area (Å²) in [6.45, 7) is 2.40. The number of likely N-dealkylation sites (tertiary alicyclic amines) is 1. The van der Waals surface area contributed by atoms with E-state index in [2.05, 4.69) is 10.1 Å². The van der Waals surface area contributed by atoms with E-state index in [1.54, 1.807) is 0 Å². The molecule has 1 atom stereocenters. The molecule has 2 amide bonds. The minimum Gasteiger partial charge on any atom is -0.448 e. The number of carbonyl (C=O) groups excluding carboxylic acids is 2. The maximum Gasteiger partial charge on any atom is 0.410 e. The first-order valence-electron chi connectivity index (χ1n) is 8.71. The monoisotopic (exact) mass is 334 g/mol. The Balaban J connectivity index is 1.31. The Bertz CT molecular complexity index is 627. The number of aromatic nitrogens is 2. The minimum atomic E-state index is -0.393. The molecular formula is C16H22N4O4. The highest BCUT2D eigenvalue weighted by Crippen LogP contribution is 2.38. The van der Waals surface area contributed by atoms with Gasteiger partial charge in [-0.2, -0.15) is 4.98 Å². The molecule has 0 aromatic carbocycles. The lowest BCUT2D eigenvalue weighted by Crippen LogP contribution is -2.45. The molecule has 1 aliphatic carbocycles. The van der Waals surface area contributed by atoms with Crippen LogP contribution in [-0.4, -0.2) is 64.7 Å². The van der Waals surface area contributed by atoms with Crippen LogP contribution in [0.5, 0.6) is 0 Å². The van der Waals surface area contributed by atoms with Crippen LogP contribution in [0.4, 0.5) is 4.79 Å². The van der Waals surface area contributed by atoms with E-state index < -0.39 is 6.09 Å². The molecule has 130 valence electrons. The summed E-state index contributed by atoms with van der Waals surface area (Å²) in [6, 6.07) is 0.